The van der Waals surface area contributed by atoms with Gasteiger partial charge in [0.2, 0.25) is 0 Å². The Labute approximate surface area is 149 Å². The number of methoxy groups -OCH3 is 1. The Morgan fingerprint density at radius 3 is 2.88 bits per heavy atom. The number of piperidine rings is 1. The maximum absolute atomic E-state index is 10.2. The van der Waals surface area contributed by atoms with Gasteiger partial charge in [-0.1, -0.05) is 12.1 Å². The smallest absolute Gasteiger partial charge is 0.119 e. The van der Waals surface area contributed by atoms with Crippen molar-refractivity contribution in [3.8, 4) is 5.75 Å². The maximum atomic E-state index is 10.2. The fourth-order valence-electron chi connectivity index (χ4n) is 3.31. The minimum Gasteiger partial charge on any atom is -0.497 e. The van der Waals surface area contributed by atoms with Crippen molar-refractivity contribution in [1.29, 1.82) is 0 Å². The largest absolute Gasteiger partial charge is 0.497 e. The van der Waals surface area contributed by atoms with Gasteiger partial charge in [0, 0.05) is 38.1 Å². The highest BCUT2D eigenvalue weighted by Gasteiger charge is 2.21. The van der Waals surface area contributed by atoms with Crippen molar-refractivity contribution < 1.29 is 14.6 Å². The molecule has 1 unspecified atom stereocenters. The van der Waals surface area contributed by atoms with E-state index in [1.165, 1.54) is 0 Å². The van der Waals surface area contributed by atoms with Crippen LogP contribution in [0.15, 0.2) is 43.0 Å². The monoisotopic (exact) mass is 345 g/mol. The van der Waals surface area contributed by atoms with E-state index in [2.05, 4.69) is 14.5 Å². The summed E-state index contributed by atoms with van der Waals surface area (Å²) in [6.45, 7) is 3.48. The zero-order chi connectivity index (χ0) is 17.5. The lowest BCUT2D eigenvalue weighted by molar-refractivity contribution is 0.00484. The molecule has 1 N–H and O–H groups in total. The number of hydrogen-bond acceptors (Lipinski definition) is 5. The van der Waals surface area contributed by atoms with Crippen LogP contribution in [0, 0.1) is 0 Å². The van der Waals surface area contributed by atoms with E-state index < -0.39 is 6.10 Å². The molecule has 1 aliphatic rings. The zero-order valence-corrected chi connectivity index (χ0v) is 14.8. The van der Waals surface area contributed by atoms with Crippen LogP contribution in [-0.2, 0) is 11.3 Å². The molecule has 0 radical (unpaired) electrons. The fourth-order valence-corrected chi connectivity index (χ4v) is 3.31. The van der Waals surface area contributed by atoms with Crippen molar-refractivity contribution in [2.75, 3.05) is 33.4 Å². The number of aliphatic hydroxyl groups is 1. The lowest BCUT2D eigenvalue weighted by Crippen LogP contribution is -2.40. The molecule has 25 heavy (non-hydrogen) atoms. The number of likely N-dealkylation sites (tertiary alicyclic amines) is 1. The van der Waals surface area contributed by atoms with Gasteiger partial charge in [-0.15, -0.1) is 0 Å². The summed E-state index contributed by atoms with van der Waals surface area (Å²) in [4.78, 5) is 6.43. The second-order valence-corrected chi connectivity index (χ2v) is 6.56. The van der Waals surface area contributed by atoms with Crippen molar-refractivity contribution in [3.63, 3.8) is 0 Å². The fraction of sp³-hybridized carbons (Fsp3) is 0.526. The average molecular weight is 345 g/mol. The van der Waals surface area contributed by atoms with Gasteiger partial charge in [0.05, 0.1) is 32.8 Å². The molecule has 2 aromatic rings. The summed E-state index contributed by atoms with van der Waals surface area (Å²) >= 11 is 0. The highest BCUT2D eigenvalue weighted by molar-refractivity contribution is 5.27. The van der Waals surface area contributed by atoms with Gasteiger partial charge in [-0.25, -0.2) is 4.98 Å². The highest BCUT2D eigenvalue weighted by Crippen LogP contribution is 2.22. The molecule has 6 nitrogen and oxygen atoms in total. The third kappa shape index (κ3) is 5.29. The molecule has 1 atom stereocenters. The molecule has 0 bridgehead atoms. The number of aliphatic hydroxyl groups excluding tert-OH is 1. The van der Waals surface area contributed by atoms with E-state index in [0.29, 0.717) is 25.8 Å². The van der Waals surface area contributed by atoms with Crippen molar-refractivity contribution in [3.05, 3.63) is 48.5 Å². The molecule has 3 rings (SSSR count). The summed E-state index contributed by atoms with van der Waals surface area (Å²) in [6, 6.07) is 8.33. The van der Waals surface area contributed by atoms with Gasteiger partial charge in [0.1, 0.15) is 5.75 Å². The Morgan fingerprint density at radius 1 is 1.32 bits per heavy atom. The molecule has 1 fully saturated rings. The third-order valence-electron chi connectivity index (χ3n) is 4.69. The number of imidazole rings is 1. The van der Waals surface area contributed by atoms with Gasteiger partial charge >= 0.3 is 0 Å². The van der Waals surface area contributed by atoms with E-state index in [-0.39, 0.29) is 0 Å². The van der Waals surface area contributed by atoms with Gasteiger partial charge in [-0.2, -0.15) is 0 Å². The molecule has 1 aromatic heterocycles. The molecule has 136 valence electrons. The van der Waals surface area contributed by atoms with E-state index in [4.69, 9.17) is 9.47 Å². The van der Waals surface area contributed by atoms with Crippen LogP contribution in [0.1, 0.15) is 24.4 Å². The molecule has 0 aliphatic carbocycles. The second kappa shape index (κ2) is 8.99. The molecule has 0 amide bonds. The lowest BCUT2D eigenvalue weighted by atomic mass is 10.0. The predicted octanol–water partition coefficient (Wildman–Crippen LogP) is 2.11. The van der Waals surface area contributed by atoms with Crippen LogP contribution in [0.4, 0.5) is 0 Å². The van der Waals surface area contributed by atoms with Crippen molar-refractivity contribution >= 4 is 0 Å². The maximum Gasteiger partial charge on any atom is 0.119 e. The Hall–Kier alpha value is -1.89. The quantitative estimate of drug-likeness (QED) is 0.794. The highest BCUT2D eigenvalue weighted by atomic mass is 16.5. The number of aromatic nitrogens is 2. The Kier molecular flexibility index (Phi) is 6.44. The number of nitrogens with zero attached hydrogens (tertiary/aromatic N) is 3. The Balaban J connectivity index is 1.35. The van der Waals surface area contributed by atoms with Crippen LogP contribution < -0.4 is 4.74 Å². The first kappa shape index (κ1) is 17.9. The Bertz CT molecular complexity index is 625. The van der Waals surface area contributed by atoms with E-state index >= 15 is 0 Å². The van der Waals surface area contributed by atoms with Crippen LogP contribution in [0.2, 0.25) is 0 Å². The van der Waals surface area contributed by atoms with Gasteiger partial charge in [0.25, 0.3) is 0 Å². The number of ether oxygens (including phenoxy) is 2. The van der Waals surface area contributed by atoms with Crippen LogP contribution in [-0.4, -0.2) is 59.0 Å². The molecule has 0 saturated carbocycles. The van der Waals surface area contributed by atoms with Crippen molar-refractivity contribution in [2.24, 2.45) is 0 Å². The SMILES string of the molecule is COc1cccc(COCC(O)CN2CCC(n3ccnc3)CC2)c1. The van der Waals surface area contributed by atoms with Crippen LogP contribution in [0.5, 0.6) is 5.75 Å². The van der Waals surface area contributed by atoms with Crippen LogP contribution in [0.25, 0.3) is 0 Å². The normalized spacial score (nSPS) is 17.5. The van der Waals surface area contributed by atoms with E-state index in [9.17, 15) is 5.11 Å². The topological polar surface area (TPSA) is 59.8 Å². The van der Waals surface area contributed by atoms with E-state index in [1.54, 1.807) is 7.11 Å². The van der Waals surface area contributed by atoms with E-state index in [0.717, 1.165) is 37.2 Å². The average Bonchev–Trinajstić information content (AvgIpc) is 3.17. The first-order chi connectivity index (χ1) is 12.2. The molecule has 0 spiro atoms. The van der Waals surface area contributed by atoms with Gasteiger partial charge < -0.3 is 24.0 Å². The number of β-amino-alcohol motifs (C(OH)–C–C–N with tert-alkyl or cyclic N) is 1. The minimum atomic E-state index is -0.463. The third-order valence-corrected chi connectivity index (χ3v) is 4.69. The molecule has 1 aliphatic heterocycles. The first-order valence-electron chi connectivity index (χ1n) is 8.83. The lowest BCUT2D eigenvalue weighted by Gasteiger charge is -2.33. The van der Waals surface area contributed by atoms with Gasteiger partial charge in [-0.3, -0.25) is 0 Å². The first-order valence-corrected chi connectivity index (χ1v) is 8.83. The summed E-state index contributed by atoms with van der Waals surface area (Å²) < 4.78 is 13.0. The molecule has 1 aromatic carbocycles. The summed E-state index contributed by atoms with van der Waals surface area (Å²) in [6.07, 6.45) is 7.47. The predicted molar refractivity (Wildman–Crippen MR) is 95.6 cm³/mol. The van der Waals surface area contributed by atoms with Gasteiger partial charge in [0.15, 0.2) is 0 Å². The molecule has 2 heterocycles. The van der Waals surface area contributed by atoms with Crippen LogP contribution in [0.3, 0.4) is 0 Å². The standard InChI is InChI=1S/C19H27N3O3/c1-24-19-4-2-3-16(11-19)13-25-14-18(23)12-21-8-5-17(6-9-21)22-10-7-20-15-22/h2-4,7,10-11,15,17-18,23H,5-6,8-9,12-14H2,1H3. The van der Waals surface area contributed by atoms with Gasteiger partial charge in [-0.05, 0) is 30.5 Å². The van der Waals surface area contributed by atoms with Crippen LogP contribution >= 0.6 is 0 Å². The zero-order valence-electron chi connectivity index (χ0n) is 14.8. The Morgan fingerprint density at radius 2 is 2.16 bits per heavy atom. The molecular weight excluding hydrogens is 318 g/mol. The molecular formula is C19H27N3O3. The van der Waals surface area contributed by atoms with Crippen molar-refractivity contribution in [2.45, 2.75) is 31.6 Å². The van der Waals surface area contributed by atoms with E-state index in [1.807, 2.05) is 43.0 Å². The summed E-state index contributed by atoms with van der Waals surface area (Å²) in [5.41, 5.74) is 1.05. The second-order valence-electron chi connectivity index (χ2n) is 6.56. The van der Waals surface area contributed by atoms with Crippen molar-refractivity contribution in [1.82, 2.24) is 14.5 Å². The summed E-state index contributed by atoms with van der Waals surface area (Å²) in [5.74, 6) is 0.822. The minimum absolute atomic E-state index is 0.346. The summed E-state index contributed by atoms with van der Waals surface area (Å²) in [5, 5.41) is 10.2. The summed E-state index contributed by atoms with van der Waals surface area (Å²) in [7, 11) is 1.65. The number of hydrogen-bond donors (Lipinski definition) is 1. The number of rotatable bonds is 8. The number of benzene rings is 1. The molecule has 1 saturated heterocycles. The molecule has 6 heteroatoms.